The lowest BCUT2D eigenvalue weighted by Crippen LogP contribution is -2.52. The second-order valence-electron chi connectivity index (χ2n) is 7.86. The molecule has 9 heteroatoms. The monoisotopic (exact) mass is 459 g/mol. The Kier molecular flexibility index (Phi) is 5.47. The maximum Gasteiger partial charge on any atom is 0.295 e. The molecule has 3 aromatic heterocycles. The molecule has 4 aromatic rings. The molecule has 1 aromatic carbocycles. The van der Waals surface area contributed by atoms with E-state index in [1.807, 2.05) is 30.5 Å². The van der Waals surface area contributed by atoms with Gasteiger partial charge in [-0.1, -0.05) is 18.2 Å². The minimum absolute atomic E-state index is 0.0662. The molecule has 0 aliphatic carbocycles. The lowest BCUT2D eigenvalue weighted by molar-refractivity contribution is -0.127. The fraction of sp³-hybridized carbons (Fsp3) is 0.208. The molecule has 4 heterocycles. The van der Waals surface area contributed by atoms with E-state index in [1.165, 1.54) is 16.2 Å². The van der Waals surface area contributed by atoms with Crippen LogP contribution in [0.25, 0.3) is 21.6 Å². The first kappa shape index (κ1) is 21.0. The summed E-state index contributed by atoms with van der Waals surface area (Å²) in [4.78, 5) is 54.0. The number of nitrogens with one attached hydrogen (secondary N) is 1. The maximum atomic E-state index is 13.2. The van der Waals surface area contributed by atoms with Crippen LogP contribution in [0.5, 0.6) is 0 Å². The van der Waals surface area contributed by atoms with Gasteiger partial charge in [0.2, 0.25) is 0 Å². The van der Waals surface area contributed by atoms with Crippen molar-refractivity contribution in [3.05, 3.63) is 71.0 Å². The Bertz CT molecular complexity index is 1340. The van der Waals surface area contributed by atoms with Crippen molar-refractivity contribution < 1.29 is 14.4 Å². The number of H-pyrrole nitrogens is 1. The Hall–Kier alpha value is -3.85. The van der Waals surface area contributed by atoms with Gasteiger partial charge in [0.25, 0.3) is 17.6 Å². The number of hydrogen-bond donors (Lipinski definition) is 1. The number of carbonyl (C=O) groups excluding carboxylic acids is 3. The smallest absolute Gasteiger partial charge is 0.295 e. The maximum absolute atomic E-state index is 13.2. The Morgan fingerprint density at radius 2 is 1.73 bits per heavy atom. The topological polar surface area (TPSA) is 99.3 Å². The highest BCUT2D eigenvalue weighted by Crippen LogP contribution is 2.31. The second kappa shape index (κ2) is 8.59. The molecular weight excluding hydrogens is 438 g/mol. The zero-order chi connectivity index (χ0) is 22.9. The largest absolute Gasteiger partial charge is 0.359 e. The normalized spacial score (nSPS) is 14.0. The molecule has 1 saturated heterocycles. The standard InChI is InChI=1S/C24H21N5O3S/c1-15-13-26-20(22-25-7-12-33-22)19-18(15)17(14-27-19)21(30)24(32)29-10-8-28(9-11-29)23(31)16-5-3-2-4-6-16/h2-7,12-14,27H,8-11H2,1H3. The molecule has 0 radical (unpaired) electrons. The lowest BCUT2D eigenvalue weighted by atomic mass is 10.0. The van der Waals surface area contributed by atoms with E-state index in [-0.39, 0.29) is 5.91 Å². The number of amides is 2. The third-order valence-electron chi connectivity index (χ3n) is 5.85. The average Bonchev–Trinajstić information content (AvgIpc) is 3.55. The van der Waals surface area contributed by atoms with E-state index >= 15 is 0 Å². The predicted molar refractivity (Wildman–Crippen MR) is 125 cm³/mol. The van der Waals surface area contributed by atoms with Crippen molar-refractivity contribution in [1.29, 1.82) is 0 Å². The van der Waals surface area contributed by atoms with Crippen molar-refractivity contribution in [2.75, 3.05) is 26.2 Å². The minimum atomic E-state index is -0.566. The number of carbonyl (C=O) groups is 3. The van der Waals surface area contributed by atoms with Gasteiger partial charge in [-0.05, 0) is 24.6 Å². The fourth-order valence-electron chi connectivity index (χ4n) is 4.13. The van der Waals surface area contributed by atoms with Crippen LogP contribution in [-0.4, -0.2) is 68.5 Å². The van der Waals surface area contributed by atoms with Crippen LogP contribution >= 0.6 is 11.3 Å². The summed E-state index contributed by atoms with van der Waals surface area (Å²) in [5, 5.41) is 3.29. The molecule has 0 saturated carbocycles. The molecule has 2 amide bonds. The Morgan fingerprint density at radius 3 is 2.42 bits per heavy atom. The zero-order valence-electron chi connectivity index (χ0n) is 17.9. The molecule has 8 nitrogen and oxygen atoms in total. The number of piperazine rings is 1. The van der Waals surface area contributed by atoms with Gasteiger partial charge in [-0.25, -0.2) is 4.98 Å². The summed E-state index contributed by atoms with van der Waals surface area (Å²) >= 11 is 1.46. The van der Waals surface area contributed by atoms with Gasteiger partial charge < -0.3 is 14.8 Å². The molecule has 1 aliphatic heterocycles. The van der Waals surface area contributed by atoms with E-state index in [4.69, 9.17) is 0 Å². The number of aromatic amines is 1. The van der Waals surface area contributed by atoms with Gasteiger partial charge >= 0.3 is 0 Å². The Morgan fingerprint density at radius 1 is 1.00 bits per heavy atom. The summed E-state index contributed by atoms with van der Waals surface area (Å²) in [7, 11) is 0. The first-order valence-corrected chi connectivity index (χ1v) is 11.5. The van der Waals surface area contributed by atoms with E-state index < -0.39 is 11.7 Å². The van der Waals surface area contributed by atoms with Crippen molar-refractivity contribution >= 4 is 39.8 Å². The molecular formula is C24H21N5O3S. The molecule has 33 heavy (non-hydrogen) atoms. The van der Waals surface area contributed by atoms with Gasteiger partial charge in [0.15, 0.2) is 0 Å². The van der Waals surface area contributed by atoms with Crippen LogP contribution in [0.2, 0.25) is 0 Å². The van der Waals surface area contributed by atoms with Crippen LogP contribution in [0.1, 0.15) is 26.3 Å². The summed E-state index contributed by atoms with van der Waals surface area (Å²) in [6.07, 6.45) is 4.97. The summed E-state index contributed by atoms with van der Waals surface area (Å²) < 4.78 is 0. The van der Waals surface area contributed by atoms with Gasteiger partial charge in [0.05, 0.1) is 11.1 Å². The number of fused-ring (bicyclic) bond motifs is 1. The third kappa shape index (κ3) is 3.80. The lowest BCUT2D eigenvalue weighted by Gasteiger charge is -2.34. The van der Waals surface area contributed by atoms with Crippen molar-refractivity contribution in [2.24, 2.45) is 0 Å². The molecule has 0 bridgehead atoms. The zero-order valence-corrected chi connectivity index (χ0v) is 18.8. The van der Waals surface area contributed by atoms with E-state index in [1.54, 1.807) is 35.6 Å². The van der Waals surface area contributed by atoms with Crippen molar-refractivity contribution in [3.8, 4) is 10.7 Å². The SMILES string of the molecule is Cc1cnc(-c2nccs2)c2[nH]cc(C(=O)C(=O)N3CCN(C(=O)c4ccccc4)CC3)c12. The number of nitrogens with zero attached hydrogens (tertiary/aromatic N) is 4. The van der Waals surface area contributed by atoms with Crippen LogP contribution < -0.4 is 0 Å². The third-order valence-corrected chi connectivity index (χ3v) is 6.63. The van der Waals surface area contributed by atoms with Crippen LogP contribution in [0.15, 0.2) is 54.3 Å². The number of aryl methyl sites for hydroxylation is 1. The summed E-state index contributed by atoms with van der Waals surface area (Å²) in [6.45, 7) is 3.27. The van der Waals surface area contributed by atoms with Gasteiger partial charge in [-0.2, -0.15) is 0 Å². The van der Waals surface area contributed by atoms with Crippen LogP contribution in [0.3, 0.4) is 0 Å². The number of thiazole rings is 1. The average molecular weight is 460 g/mol. The van der Waals surface area contributed by atoms with Crippen LogP contribution in [0, 0.1) is 6.92 Å². The van der Waals surface area contributed by atoms with Crippen molar-refractivity contribution in [1.82, 2.24) is 24.8 Å². The van der Waals surface area contributed by atoms with Crippen molar-refractivity contribution in [3.63, 3.8) is 0 Å². The molecule has 166 valence electrons. The highest BCUT2D eigenvalue weighted by atomic mass is 32.1. The van der Waals surface area contributed by atoms with Gasteiger partial charge in [0, 0.05) is 61.1 Å². The summed E-state index contributed by atoms with van der Waals surface area (Å²) in [5.41, 5.74) is 3.10. The van der Waals surface area contributed by atoms with Gasteiger partial charge in [-0.15, -0.1) is 11.3 Å². The molecule has 0 atom stereocenters. The van der Waals surface area contributed by atoms with E-state index in [9.17, 15) is 14.4 Å². The van der Waals surface area contributed by atoms with Crippen molar-refractivity contribution in [2.45, 2.75) is 6.92 Å². The number of ketones is 1. The molecule has 1 fully saturated rings. The highest BCUT2D eigenvalue weighted by Gasteiger charge is 2.31. The number of rotatable bonds is 4. The van der Waals surface area contributed by atoms with E-state index in [2.05, 4.69) is 15.0 Å². The number of Topliss-reactive ketones (excluding diaryl/α,β-unsaturated/α-hetero) is 1. The molecule has 0 spiro atoms. The fourth-order valence-corrected chi connectivity index (χ4v) is 4.77. The molecule has 5 rings (SSSR count). The molecule has 0 unspecified atom stereocenters. The van der Waals surface area contributed by atoms with Crippen LogP contribution in [0.4, 0.5) is 0 Å². The Balaban J connectivity index is 1.34. The van der Waals surface area contributed by atoms with Gasteiger partial charge in [-0.3, -0.25) is 19.4 Å². The molecule has 1 N–H and O–H groups in total. The predicted octanol–water partition coefficient (Wildman–Crippen LogP) is 3.16. The minimum Gasteiger partial charge on any atom is -0.359 e. The number of hydrogen-bond acceptors (Lipinski definition) is 6. The highest BCUT2D eigenvalue weighted by molar-refractivity contribution is 7.13. The van der Waals surface area contributed by atoms with E-state index in [0.29, 0.717) is 53.9 Å². The molecule has 1 aliphatic rings. The number of benzene rings is 1. The first-order chi connectivity index (χ1) is 16.0. The summed E-state index contributed by atoms with van der Waals surface area (Å²) in [5.74, 6) is -1.19. The number of pyridine rings is 1. The second-order valence-corrected chi connectivity index (χ2v) is 8.75. The van der Waals surface area contributed by atoms with Crippen LogP contribution in [-0.2, 0) is 4.79 Å². The summed E-state index contributed by atoms with van der Waals surface area (Å²) in [6, 6.07) is 9.06. The quantitative estimate of drug-likeness (QED) is 0.373. The van der Waals surface area contributed by atoms with E-state index in [0.717, 1.165) is 10.6 Å². The number of aromatic nitrogens is 3. The first-order valence-electron chi connectivity index (χ1n) is 10.6. The van der Waals surface area contributed by atoms with Gasteiger partial charge in [0.1, 0.15) is 10.7 Å². The Labute approximate surface area is 193 Å².